The van der Waals surface area contributed by atoms with Crippen LogP contribution in [0.15, 0.2) is 71.9 Å². The Morgan fingerprint density at radius 1 is 0.526 bits per heavy atom. The van der Waals surface area contributed by atoms with Crippen LogP contribution in [0.3, 0.4) is 0 Å². The minimum Gasteiger partial charge on any atom is -0.494 e. The summed E-state index contributed by atoms with van der Waals surface area (Å²) in [5, 5.41) is 20.3. The minimum atomic E-state index is -3.85. The highest BCUT2D eigenvalue weighted by molar-refractivity contribution is 7.91. The molecule has 6 heterocycles. The van der Waals surface area contributed by atoms with E-state index in [1.54, 1.807) is 98.0 Å². The Kier molecular flexibility index (Phi) is 18.6. The van der Waals surface area contributed by atoms with Crippen LogP contribution in [0, 0.1) is 27.7 Å². The molecule has 0 amide bonds. The largest absolute Gasteiger partial charge is 0.494 e. The van der Waals surface area contributed by atoms with Gasteiger partial charge in [-0.1, -0.05) is 12.1 Å². The second kappa shape index (κ2) is 24.9. The van der Waals surface area contributed by atoms with Crippen LogP contribution in [0.25, 0.3) is 33.0 Å². The van der Waals surface area contributed by atoms with Gasteiger partial charge in [-0.3, -0.25) is 9.13 Å². The van der Waals surface area contributed by atoms with E-state index in [1.807, 2.05) is 38.5 Å². The number of rotatable bonds is 22. The van der Waals surface area contributed by atoms with Crippen LogP contribution in [0.5, 0.6) is 23.0 Å². The van der Waals surface area contributed by atoms with E-state index in [0.717, 1.165) is 22.5 Å². The summed E-state index contributed by atoms with van der Waals surface area (Å²) in [6, 6.07) is 10.6. The number of ether oxygens (including phenoxy) is 6. The highest BCUT2D eigenvalue weighted by Gasteiger charge is 2.38. The molecule has 0 aliphatic carbocycles. The molecule has 26 heteroatoms. The van der Waals surface area contributed by atoms with E-state index in [-0.39, 0.29) is 11.6 Å². The smallest absolute Gasteiger partial charge is 0.197 e. The van der Waals surface area contributed by atoms with Gasteiger partial charge in [0.05, 0.1) is 38.9 Å². The number of aromatic nitrogens is 12. The van der Waals surface area contributed by atoms with Gasteiger partial charge in [0, 0.05) is 60.1 Å². The quantitative estimate of drug-likeness (QED) is 0.0626. The molecule has 0 spiro atoms. The zero-order valence-electron chi connectivity index (χ0n) is 44.1. The molecule has 76 heavy (non-hydrogen) atoms. The molecule has 0 saturated heterocycles. The van der Waals surface area contributed by atoms with Crippen molar-refractivity contribution in [2.75, 3.05) is 41.7 Å². The van der Waals surface area contributed by atoms with Crippen LogP contribution in [-0.2, 0) is 40.7 Å². The summed E-state index contributed by atoms with van der Waals surface area (Å²) in [7, 11) is -1.59. The standard InChI is InChI=1S/2C25H30N6O5S2/c2*1-7-36-22(23-26-11-15(2)12-27-23)17(4)38(32,33)14-20-29-30-24(25-28-16(3)13-37-25)31(20)21-18(34-5)9-8-10-19(21)35-6/h2*8-13,17,22H,7,14H2,1-6H3/t2*17-,22-/m10/s1. The Morgan fingerprint density at radius 2 is 0.855 bits per heavy atom. The summed E-state index contributed by atoms with van der Waals surface area (Å²) in [6.45, 7) is 14.8. The summed E-state index contributed by atoms with van der Waals surface area (Å²) in [6.07, 6.45) is 4.84. The molecule has 404 valence electrons. The van der Waals surface area contributed by atoms with Gasteiger partial charge in [0.25, 0.3) is 0 Å². The van der Waals surface area contributed by atoms with E-state index >= 15 is 0 Å². The summed E-state index contributed by atoms with van der Waals surface area (Å²) in [4.78, 5) is 26.4. The van der Waals surface area contributed by atoms with Gasteiger partial charge in [0.2, 0.25) is 0 Å². The fourth-order valence-corrected chi connectivity index (χ4v) is 12.2. The predicted octanol–water partition coefficient (Wildman–Crippen LogP) is 7.79. The summed E-state index contributed by atoms with van der Waals surface area (Å²) in [5.41, 5.74) is 4.31. The van der Waals surface area contributed by atoms with Gasteiger partial charge in [-0.2, -0.15) is 0 Å². The van der Waals surface area contributed by atoms with Crippen LogP contribution < -0.4 is 18.9 Å². The average Bonchev–Trinajstić information content (AvgIpc) is 4.24. The van der Waals surface area contributed by atoms with Crippen molar-refractivity contribution in [3.8, 4) is 56.0 Å². The minimum absolute atomic E-state index is 0.183. The number of nitrogens with zero attached hydrogens (tertiary/aromatic N) is 12. The van der Waals surface area contributed by atoms with Crippen molar-refractivity contribution in [2.24, 2.45) is 0 Å². The van der Waals surface area contributed by atoms with Crippen LogP contribution in [-0.4, -0.2) is 128 Å². The van der Waals surface area contributed by atoms with Gasteiger partial charge in [-0.25, -0.2) is 46.7 Å². The lowest BCUT2D eigenvalue weighted by molar-refractivity contribution is 0.0555. The molecular formula is C50H60N12O10S4. The number of sulfone groups is 2. The first-order valence-corrected chi connectivity index (χ1v) is 29.0. The molecule has 0 aliphatic heterocycles. The number of hydrogen-bond acceptors (Lipinski definition) is 22. The maximum atomic E-state index is 13.8. The lowest BCUT2D eigenvalue weighted by atomic mass is 10.2. The van der Waals surface area contributed by atoms with Crippen LogP contribution in [0.4, 0.5) is 0 Å². The first-order chi connectivity index (χ1) is 36.4. The maximum Gasteiger partial charge on any atom is 0.197 e. The molecular weight excluding hydrogens is 1060 g/mol. The summed E-state index contributed by atoms with van der Waals surface area (Å²) in [5.74, 6) is 2.74. The SMILES string of the molecule is CCO[C@@H](c1ncc(C)cn1)[C@@H](C)S(=O)(=O)Cc1nnc(-c2nc(C)cs2)n1-c1c(OC)cccc1OC.CCO[C@H](c1ncc(C)cn1)[C@H](C)S(=O)(=O)Cc1nnc(-c2nc(C)cs2)n1-c1c(OC)cccc1OC. The number of benzene rings is 2. The van der Waals surface area contributed by atoms with Crippen molar-refractivity contribution in [3.05, 3.63) is 118 Å². The second-order valence-electron chi connectivity index (χ2n) is 17.2. The van der Waals surface area contributed by atoms with Crippen molar-refractivity contribution >= 4 is 42.3 Å². The Labute approximate surface area is 449 Å². The number of para-hydroxylation sites is 2. The van der Waals surface area contributed by atoms with E-state index in [2.05, 4.69) is 50.3 Å². The Balaban J connectivity index is 0.000000221. The third kappa shape index (κ3) is 12.5. The van der Waals surface area contributed by atoms with Gasteiger partial charge in [0.1, 0.15) is 58.1 Å². The number of methoxy groups -OCH3 is 4. The molecule has 22 nitrogen and oxygen atoms in total. The average molecular weight is 1120 g/mol. The fraction of sp³-hybridized carbons (Fsp3) is 0.400. The van der Waals surface area contributed by atoms with E-state index in [9.17, 15) is 16.8 Å². The number of thiazole rings is 2. The van der Waals surface area contributed by atoms with Crippen molar-refractivity contribution in [2.45, 2.75) is 89.6 Å². The lowest BCUT2D eigenvalue weighted by Crippen LogP contribution is -2.30. The van der Waals surface area contributed by atoms with Crippen molar-refractivity contribution in [1.82, 2.24) is 59.4 Å². The molecule has 6 aromatic heterocycles. The van der Waals surface area contributed by atoms with Gasteiger partial charge < -0.3 is 28.4 Å². The first kappa shape index (κ1) is 56.9. The third-order valence-corrected chi connectivity index (χ3v) is 17.8. The normalized spacial score (nSPS) is 13.3. The highest BCUT2D eigenvalue weighted by Crippen LogP contribution is 2.40. The molecule has 0 bridgehead atoms. The number of aryl methyl sites for hydroxylation is 4. The van der Waals surface area contributed by atoms with Gasteiger partial charge in [0.15, 0.2) is 64.6 Å². The summed E-state index contributed by atoms with van der Waals surface area (Å²) >= 11 is 2.77. The molecule has 0 radical (unpaired) electrons. The molecule has 0 fully saturated rings. The van der Waals surface area contributed by atoms with E-state index in [1.165, 1.54) is 51.1 Å². The molecule has 0 saturated carbocycles. The van der Waals surface area contributed by atoms with Crippen molar-refractivity contribution in [3.63, 3.8) is 0 Å². The Hall–Kier alpha value is -6.84. The van der Waals surface area contributed by atoms with Crippen molar-refractivity contribution in [1.29, 1.82) is 0 Å². The van der Waals surface area contributed by atoms with Crippen LogP contribution in [0.1, 0.15) is 85.7 Å². The van der Waals surface area contributed by atoms with Gasteiger partial charge >= 0.3 is 0 Å². The zero-order valence-corrected chi connectivity index (χ0v) is 47.4. The van der Waals surface area contributed by atoms with E-state index in [0.29, 0.717) is 80.9 Å². The van der Waals surface area contributed by atoms with E-state index in [4.69, 9.17) is 28.4 Å². The summed E-state index contributed by atoms with van der Waals surface area (Å²) < 4.78 is 92.6. The van der Waals surface area contributed by atoms with Crippen molar-refractivity contribution < 1.29 is 45.3 Å². The van der Waals surface area contributed by atoms with E-state index < -0.39 is 53.9 Å². The molecule has 0 unspecified atom stereocenters. The first-order valence-electron chi connectivity index (χ1n) is 23.8. The molecule has 8 aromatic rings. The van der Waals surface area contributed by atoms with Gasteiger partial charge in [-0.15, -0.1) is 43.1 Å². The molecule has 0 aliphatic rings. The second-order valence-corrected chi connectivity index (χ2v) is 23.6. The maximum absolute atomic E-state index is 13.8. The lowest BCUT2D eigenvalue weighted by Gasteiger charge is -2.23. The topological polar surface area (TPSA) is 262 Å². The molecule has 2 aromatic carbocycles. The fourth-order valence-electron chi connectivity index (χ4n) is 7.88. The number of hydrogen-bond donors (Lipinski definition) is 0. The zero-order chi connectivity index (χ0) is 54.9. The molecule has 4 atom stereocenters. The third-order valence-electron chi connectivity index (χ3n) is 11.8. The van der Waals surface area contributed by atoms with Gasteiger partial charge in [-0.05, 0) is 90.8 Å². The van der Waals surface area contributed by atoms with Crippen LogP contribution in [0.2, 0.25) is 0 Å². The molecule has 8 rings (SSSR count). The Bertz CT molecular complexity index is 3180. The predicted molar refractivity (Wildman–Crippen MR) is 287 cm³/mol. The highest BCUT2D eigenvalue weighted by atomic mass is 32.2. The Morgan fingerprint density at radius 3 is 1.13 bits per heavy atom. The van der Waals surface area contributed by atoms with Crippen LogP contribution >= 0.6 is 22.7 Å². The molecule has 0 N–H and O–H groups in total. The monoisotopic (exact) mass is 1120 g/mol.